The summed E-state index contributed by atoms with van der Waals surface area (Å²) in [7, 11) is -3.82. The van der Waals surface area contributed by atoms with Gasteiger partial charge in [0.15, 0.2) is 0 Å². The minimum Gasteiger partial charge on any atom is -0.395 e. The molecule has 0 radical (unpaired) electrons. The molecule has 3 rings (SSSR count). The summed E-state index contributed by atoms with van der Waals surface area (Å²) in [4.78, 5) is 0. The van der Waals surface area contributed by atoms with Crippen LogP contribution in [0.1, 0.15) is 44.7 Å². The van der Waals surface area contributed by atoms with Gasteiger partial charge in [-0.05, 0) is 60.1 Å². The zero-order valence-corrected chi connectivity index (χ0v) is 19.4. The predicted octanol–water partition coefficient (Wildman–Crippen LogP) is 7.59. The van der Waals surface area contributed by atoms with Crippen LogP contribution in [0.4, 0.5) is 0 Å². The number of hydrogen-bond acceptors (Lipinski definition) is 4. The highest BCUT2D eigenvalue weighted by Gasteiger charge is 2.30. The molecule has 4 nitrogen and oxygen atoms in total. The molecule has 31 heavy (non-hydrogen) atoms. The zero-order chi connectivity index (χ0) is 22.2. The maximum absolute atomic E-state index is 13.3. The fraction of sp³-hybridized carbons (Fsp3) is 0.308. The van der Waals surface area contributed by atoms with Crippen LogP contribution in [0.2, 0.25) is 0 Å². The number of hydrogen-bond donors (Lipinski definition) is 0. The van der Waals surface area contributed by atoms with Gasteiger partial charge < -0.3 is 9.05 Å². The van der Waals surface area contributed by atoms with Crippen LogP contribution in [0.5, 0.6) is 11.5 Å². The van der Waals surface area contributed by atoms with Gasteiger partial charge in [0.25, 0.3) is 0 Å². The summed E-state index contributed by atoms with van der Waals surface area (Å²) < 4.78 is 30.2. The van der Waals surface area contributed by atoms with E-state index in [9.17, 15) is 4.57 Å². The van der Waals surface area contributed by atoms with Crippen LogP contribution in [0, 0.1) is 0 Å². The van der Waals surface area contributed by atoms with Gasteiger partial charge in [-0.15, -0.1) is 0 Å². The average Bonchev–Trinajstić information content (AvgIpc) is 2.78. The number of benzene rings is 3. The van der Waals surface area contributed by atoms with Gasteiger partial charge in [-0.25, -0.2) is 4.57 Å². The molecule has 0 saturated carbocycles. The quantitative estimate of drug-likeness (QED) is 0.228. The second kappa shape index (κ2) is 10.7. The summed E-state index contributed by atoms with van der Waals surface area (Å²) in [6.45, 7) is 6.98. The monoisotopic (exact) mass is 438 g/mol. The maximum atomic E-state index is 13.3. The van der Waals surface area contributed by atoms with Crippen molar-refractivity contribution in [2.45, 2.75) is 45.4 Å². The van der Waals surface area contributed by atoms with Gasteiger partial charge in [0.1, 0.15) is 11.5 Å². The van der Waals surface area contributed by atoms with Gasteiger partial charge >= 0.3 is 7.82 Å². The Morgan fingerprint density at radius 3 is 1.77 bits per heavy atom. The van der Waals surface area contributed by atoms with E-state index in [1.807, 2.05) is 36.4 Å². The van der Waals surface area contributed by atoms with Crippen LogP contribution < -0.4 is 9.05 Å². The third kappa shape index (κ3) is 6.99. The Labute approximate surface area is 185 Å². The normalized spacial score (nSPS) is 11.8. The molecule has 0 aromatic heterocycles. The van der Waals surface area contributed by atoms with Crippen LogP contribution in [0.15, 0.2) is 84.9 Å². The summed E-state index contributed by atoms with van der Waals surface area (Å²) in [6.07, 6.45) is 2.62. The molecule has 0 aliphatic carbocycles. The van der Waals surface area contributed by atoms with E-state index in [4.69, 9.17) is 13.6 Å². The molecule has 0 atom stereocenters. The fourth-order valence-corrected chi connectivity index (χ4v) is 4.33. The van der Waals surface area contributed by atoms with E-state index in [1.54, 1.807) is 24.3 Å². The Kier molecular flexibility index (Phi) is 7.95. The van der Waals surface area contributed by atoms with Gasteiger partial charge in [0.05, 0.1) is 6.61 Å². The van der Waals surface area contributed by atoms with Crippen molar-refractivity contribution in [3.63, 3.8) is 0 Å². The predicted molar refractivity (Wildman–Crippen MR) is 126 cm³/mol. The first kappa shape index (κ1) is 23.1. The number of phosphoric acid groups is 1. The number of para-hydroxylation sites is 2. The minimum atomic E-state index is -3.82. The summed E-state index contributed by atoms with van der Waals surface area (Å²) >= 11 is 0. The van der Waals surface area contributed by atoms with Crippen molar-refractivity contribution in [2.75, 3.05) is 6.61 Å². The molecule has 0 fully saturated rings. The van der Waals surface area contributed by atoms with Crippen molar-refractivity contribution in [1.29, 1.82) is 0 Å². The highest BCUT2D eigenvalue weighted by atomic mass is 31.2. The molecule has 0 unspecified atom stereocenters. The first-order chi connectivity index (χ1) is 14.9. The second-order valence-corrected chi connectivity index (χ2v) is 9.64. The van der Waals surface area contributed by atoms with Crippen molar-refractivity contribution < 1.29 is 18.1 Å². The lowest BCUT2D eigenvalue weighted by atomic mass is 9.82. The van der Waals surface area contributed by atoms with Crippen molar-refractivity contribution >= 4 is 7.82 Å². The van der Waals surface area contributed by atoms with Crippen molar-refractivity contribution in [1.82, 2.24) is 0 Å². The van der Waals surface area contributed by atoms with Crippen LogP contribution in [-0.2, 0) is 20.9 Å². The Balaban J connectivity index is 1.59. The lowest BCUT2D eigenvalue weighted by molar-refractivity contribution is 0.207. The summed E-state index contributed by atoms with van der Waals surface area (Å²) in [6, 6.07) is 26.6. The first-order valence-corrected chi connectivity index (χ1v) is 12.2. The Morgan fingerprint density at radius 1 is 0.774 bits per heavy atom. The molecule has 0 N–H and O–H groups in total. The number of phosphoric ester groups is 1. The molecule has 5 heteroatoms. The Hall–Kier alpha value is -2.55. The first-order valence-electron chi connectivity index (χ1n) is 10.7. The van der Waals surface area contributed by atoms with Crippen LogP contribution in [0.25, 0.3) is 0 Å². The Morgan fingerprint density at radius 2 is 1.29 bits per heavy atom. The third-order valence-corrected chi connectivity index (χ3v) is 6.77. The van der Waals surface area contributed by atoms with E-state index in [-0.39, 0.29) is 12.0 Å². The van der Waals surface area contributed by atoms with Crippen molar-refractivity contribution in [2.24, 2.45) is 0 Å². The number of aryl methyl sites for hydroxylation is 1. The largest absolute Gasteiger partial charge is 0.587 e. The van der Waals surface area contributed by atoms with E-state index < -0.39 is 7.82 Å². The molecule has 164 valence electrons. The molecule has 0 bridgehead atoms. The molecule has 0 aliphatic rings. The molecular weight excluding hydrogens is 407 g/mol. The third-order valence-electron chi connectivity index (χ3n) is 5.40. The molecule has 0 aliphatic heterocycles. The molecule has 0 spiro atoms. The SMILES string of the molecule is CCC(C)(C)c1ccc(CCCOP(=O)(Oc2ccccc2)Oc2ccccc2)cc1. The summed E-state index contributed by atoms with van der Waals surface area (Å²) in [5.41, 5.74) is 2.74. The molecule has 0 heterocycles. The fourth-order valence-electron chi connectivity index (χ4n) is 3.07. The van der Waals surface area contributed by atoms with Crippen LogP contribution in [0.3, 0.4) is 0 Å². The van der Waals surface area contributed by atoms with Gasteiger partial charge in [-0.3, -0.25) is 4.52 Å². The lowest BCUT2D eigenvalue weighted by Gasteiger charge is -2.23. The number of rotatable bonds is 11. The van der Waals surface area contributed by atoms with Crippen LogP contribution >= 0.6 is 7.82 Å². The van der Waals surface area contributed by atoms with Gasteiger partial charge in [-0.2, -0.15) is 0 Å². The standard InChI is InChI=1S/C26H31O4P/c1-4-26(2,3)23-19-17-22(18-20-23)12-11-21-28-31(27,29-24-13-7-5-8-14-24)30-25-15-9-6-10-16-25/h5-10,13-20H,4,11-12,21H2,1-3H3. The summed E-state index contributed by atoms with van der Waals surface area (Å²) in [5, 5.41) is 0. The second-order valence-electron chi connectivity index (χ2n) is 8.13. The molecular formula is C26H31O4P. The van der Waals surface area contributed by atoms with E-state index in [2.05, 4.69) is 45.0 Å². The minimum absolute atomic E-state index is 0.178. The maximum Gasteiger partial charge on any atom is 0.587 e. The van der Waals surface area contributed by atoms with Gasteiger partial charge in [0, 0.05) is 0 Å². The van der Waals surface area contributed by atoms with E-state index in [1.165, 1.54) is 11.1 Å². The van der Waals surface area contributed by atoms with Crippen molar-refractivity contribution in [3.8, 4) is 11.5 Å². The Bertz CT molecular complexity index is 924. The smallest absolute Gasteiger partial charge is 0.395 e. The highest BCUT2D eigenvalue weighted by Crippen LogP contribution is 2.49. The average molecular weight is 439 g/mol. The highest BCUT2D eigenvalue weighted by molar-refractivity contribution is 7.49. The van der Waals surface area contributed by atoms with Crippen LogP contribution in [-0.4, -0.2) is 6.61 Å². The van der Waals surface area contributed by atoms with E-state index in [0.717, 1.165) is 12.8 Å². The van der Waals surface area contributed by atoms with Gasteiger partial charge in [0.2, 0.25) is 0 Å². The summed E-state index contributed by atoms with van der Waals surface area (Å²) in [5.74, 6) is 0.881. The topological polar surface area (TPSA) is 44.8 Å². The molecule has 0 amide bonds. The van der Waals surface area contributed by atoms with E-state index in [0.29, 0.717) is 17.9 Å². The van der Waals surface area contributed by atoms with Gasteiger partial charge in [-0.1, -0.05) is 81.4 Å². The molecule has 0 saturated heterocycles. The van der Waals surface area contributed by atoms with Crippen molar-refractivity contribution in [3.05, 3.63) is 96.1 Å². The molecule has 3 aromatic rings. The molecule has 3 aromatic carbocycles. The lowest BCUT2D eigenvalue weighted by Crippen LogP contribution is -2.15. The zero-order valence-electron chi connectivity index (χ0n) is 18.5. The van der Waals surface area contributed by atoms with E-state index >= 15 is 0 Å².